The van der Waals surface area contributed by atoms with E-state index in [-0.39, 0.29) is 11.8 Å². The number of hydrogen-bond acceptors (Lipinski definition) is 6. The Labute approximate surface area is 97.7 Å². The van der Waals surface area contributed by atoms with Gasteiger partial charge in [0.2, 0.25) is 11.9 Å². The van der Waals surface area contributed by atoms with Gasteiger partial charge in [-0.3, -0.25) is 9.69 Å². The summed E-state index contributed by atoms with van der Waals surface area (Å²) in [6.45, 7) is 1.12. The summed E-state index contributed by atoms with van der Waals surface area (Å²) in [5.41, 5.74) is 5.56. The maximum atomic E-state index is 11.7. The zero-order valence-corrected chi connectivity index (χ0v) is 9.78. The maximum absolute atomic E-state index is 11.7. The third kappa shape index (κ3) is 2.14. The van der Waals surface area contributed by atoms with Crippen molar-refractivity contribution in [3.63, 3.8) is 0 Å². The van der Waals surface area contributed by atoms with E-state index in [1.165, 1.54) is 18.1 Å². The van der Waals surface area contributed by atoms with Crippen LogP contribution in [0, 0.1) is 5.92 Å². The Hall–Kier alpha value is -1.21. The summed E-state index contributed by atoms with van der Waals surface area (Å²) in [4.78, 5) is 25.5. The molecule has 86 valence electrons. The Kier molecular flexibility index (Phi) is 3.35. The molecule has 0 saturated carbocycles. The van der Waals surface area contributed by atoms with Crippen LogP contribution in [0.4, 0.5) is 5.95 Å². The van der Waals surface area contributed by atoms with Gasteiger partial charge in [0.15, 0.2) is 5.16 Å². The molecule has 0 spiro atoms. The Bertz CT molecular complexity index is 399. The molecule has 1 aromatic rings. The third-order valence-electron chi connectivity index (χ3n) is 2.50. The van der Waals surface area contributed by atoms with Gasteiger partial charge in [-0.05, 0) is 18.7 Å². The minimum Gasteiger partial charge on any atom is -0.330 e. The lowest BCUT2D eigenvalue weighted by molar-refractivity contribution is -0.117. The Morgan fingerprint density at radius 3 is 3.06 bits per heavy atom. The van der Waals surface area contributed by atoms with E-state index in [0.717, 1.165) is 0 Å². The lowest BCUT2D eigenvalue weighted by Crippen LogP contribution is -2.27. The molecule has 1 unspecified atom stereocenters. The second-order valence-corrected chi connectivity index (χ2v) is 4.36. The fourth-order valence-electron chi connectivity index (χ4n) is 1.63. The van der Waals surface area contributed by atoms with Crippen LogP contribution >= 0.6 is 11.8 Å². The van der Waals surface area contributed by atoms with Gasteiger partial charge in [-0.25, -0.2) is 9.97 Å². The molecule has 1 fully saturated rings. The van der Waals surface area contributed by atoms with Gasteiger partial charge in [0.1, 0.15) is 6.33 Å². The Morgan fingerprint density at radius 2 is 2.44 bits per heavy atom. The van der Waals surface area contributed by atoms with E-state index < -0.39 is 0 Å². The zero-order valence-electron chi connectivity index (χ0n) is 8.96. The SMILES string of the molecule is CSc1ncnc(N2CC(CN)CC2=O)n1. The first kappa shape index (κ1) is 11.3. The lowest BCUT2D eigenvalue weighted by Gasteiger charge is -2.13. The van der Waals surface area contributed by atoms with Crippen molar-refractivity contribution in [1.82, 2.24) is 15.0 Å². The van der Waals surface area contributed by atoms with E-state index in [4.69, 9.17) is 5.73 Å². The zero-order chi connectivity index (χ0) is 11.5. The first-order valence-corrected chi connectivity index (χ1v) is 6.20. The monoisotopic (exact) mass is 239 g/mol. The van der Waals surface area contributed by atoms with Crippen LogP contribution < -0.4 is 10.6 Å². The van der Waals surface area contributed by atoms with Crippen LogP contribution in [0.15, 0.2) is 11.5 Å². The van der Waals surface area contributed by atoms with Crippen LogP contribution in [0.5, 0.6) is 0 Å². The summed E-state index contributed by atoms with van der Waals surface area (Å²) < 4.78 is 0. The number of nitrogens with two attached hydrogens (primary N) is 1. The van der Waals surface area contributed by atoms with E-state index in [1.54, 1.807) is 4.90 Å². The summed E-state index contributed by atoms with van der Waals surface area (Å²) in [6.07, 6.45) is 3.79. The van der Waals surface area contributed by atoms with Crippen molar-refractivity contribution >= 4 is 23.6 Å². The molecule has 0 bridgehead atoms. The summed E-state index contributed by atoms with van der Waals surface area (Å²) in [5.74, 6) is 0.677. The Morgan fingerprint density at radius 1 is 1.62 bits per heavy atom. The van der Waals surface area contributed by atoms with E-state index in [2.05, 4.69) is 15.0 Å². The molecule has 1 atom stereocenters. The van der Waals surface area contributed by atoms with Crippen LogP contribution in [0.1, 0.15) is 6.42 Å². The van der Waals surface area contributed by atoms with Crippen molar-refractivity contribution in [2.75, 3.05) is 24.2 Å². The number of carbonyl (C=O) groups is 1. The van der Waals surface area contributed by atoms with Crippen LogP contribution in [0.25, 0.3) is 0 Å². The molecule has 0 aliphatic carbocycles. The Balaban J connectivity index is 2.20. The number of nitrogens with zero attached hydrogens (tertiary/aromatic N) is 4. The van der Waals surface area contributed by atoms with Gasteiger partial charge >= 0.3 is 0 Å². The first-order valence-electron chi connectivity index (χ1n) is 4.98. The molecule has 16 heavy (non-hydrogen) atoms. The second kappa shape index (κ2) is 4.75. The van der Waals surface area contributed by atoms with Crippen molar-refractivity contribution in [3.05, 3.63) is 6.33 Å². The minimum atomic E-state index is 0.0358. The van der Waals surface area contributed by atoms with Crippen LogP contribution in [0.2, 0.25) is 0 Å². The second-order valence-electron chi connectivity index (χ2n) is 3.58. The highest BCUT2D eigenvalue weighted by Gasteiger charge is 2.31. The van der Waals surface area contributed by atoms with E-state index >= 15 is 0 Å². The molecule has 1 aliphatic heterocycles. The summed E-state index contributed by atoms with van der Waals surface area (Å²) in [6, 6.07) is 0. The minimum absolute atomic E-state index is 0.0358. The van der Waals surface area contributed by atoms with Gasteiger partial charge in [0.25, 0.3) is 0 Å². The molecule has 1 aliphatic rings. The van der Waals surface area contributed by atoms with Crippen molar-refractivity contribution in [3.8, 4) is 0 Å². The normalized spacial score (nSPS) is 20.5. The lowest BCUT2D eigenvalue weighted by atomic mass is 10.1. The summed E-state index contributed by atoms with van der Waals surface area (Å²) >= 11 is 1.42. The third-order valence-corrected chi connectivity index (χ3v) is 3.06. The van der Waals surface area contributed by atoms with Gasteiger partial charge in [0, 0.05) is 13.0 Å². The molecule has 6 nitrogen and oxygen atoms in total. The summed E-state index contributed by atoms with van der Waals surface area (Å²) in [7, 11) is 0. The van der Waals surface area contributed by atoms with Crippen molar-refractivity contribution in [2.24, 2.45) is 11.7 Å². The highest BCUT2D eigenvalue weighted by Crippen LogP contribution is 2.21. The molecule has 2 rings (SSSR count). The molecule has 0 radical (unpaired) electrons. The number of thioether (sulfide) groups is 1. The fraction of sp³-hybridized carbons (Fsp3) is 0.556. The highest BCUT2D eigenvalue weighted by atomic mass is 32.2. The van der Waals surface area contributed by atoms with Crippen molar-refractivity contribution in [1.29, 1.82) is 0 Å². The molecule has 1 amide bonds. The van der Waals surface area contributed by atoms with Gasteiger partial charge < -0.3 is 5.73 Å². The van der Waals surface area contributed by atoms with Crippen molar-refractivity contribution in [2.45, 2.75) is 11.6 Å². The molecule has 1 saturated heterocycles. The molecular weight excluding hydrogens is 226 g/mol. The smallest absolute Gasteiger partial charge is 0.236 e. The van der Waals surface area contributed by atoms with Crippen LogP contribution in [0.3, 0.4) is 0 Å². The fourth-order valence-corrected chi connectivity index (χ4v) is 1.96. The van der Waals surface area contributed by atoms with E-state index in [1.807, 2.05) is 6.26 Å². The average molecular weight is 239 g/mol. The maximum Gasteiger partial charge on any atom is 0.236 e. The van der Waals surface area contributed by atoms with Gasteiger partial charge in [-0.2, -0.15) is 4.98 Å². The number of anilines is 1. The summed E-state index contributed by atoms with van der Waals surface area (Å²) in [5, 5.41) is 0.619. The molecular formula is C9H13N5OS. The van der Waals surface area contributed by atoms with Gasteiger partial charge in [0.05, 0.1) is 0 Å². The van der Waals surface area contributed by atoms with Crippen molar-refractivity contribution < 1.29 is 4.79 Å². The standard InChI is InChI=1S/C9H13N5OS/c1-16-9-12-5-11-8(13-9)14-4-6(3-10)2-7(14)15/h5-6H,2-4,10H2,1H3. The van der Waals surface area contributed by atoms with Gasteiger partial charge in [-0.1, -0.05) is 11.8 Å². The van der Waals surface area contributed by atoms with Crippen LogP contribution in [-0.2, 0) is 4.79 Å². The van der Waals surface area contributed by atoms with E-state index in [0.29, 0.717) is 30.6 Å². The number of hydrogen-bond donors (Lipinski definition) is 1. The average Bonchev–Trinajstić information content (AvgIpc) is 2.71. The predicted molar refractivity (Wildman–Crippen MR) is 61.1 cm³/mol. The quantitative estimate of drug-likeness (QED) is 0.742. The first-order chi connectivity index (χ1) is 7.74. The van der Waals surface area contributed by atoms with Crippen LogP contribution in [-0.4, -0.2) is 40.2 Å². The van der Waals surface area contributed by atoms with Gasteiger partial charge in [-0.15, -0.1) is 0 Å². The highest BCUT2D eigenvalue weighted by molar-refractivity contribution is 7.98. The topological polar surface area (TPSA) is 85.0 Å². The molecule has 7 heteroatoms. The number of aromatic nitrogens is 3. The number of amides is 1. The molecule has 2 heterocycles. The van der Waals surface area contributed by atoms with E-state index in [9.17, 15) is 4.79 Å². The molecule has 1 aromatic heterocycles. The molecule has 2 N–H and O–H groups in total. The largest absolute Gasteiger partial charge is 0.330 e. The predicted octanol–water partition coefficient (Wildman–Crippen LogP) is -0.0949. The number of carbonyl (C=O) groups excluding carboxylic acids is 1. The molecule has 0 aromatic carbocycles. The number of rotatable bonds is 3.